The van der Waals surface area contributed by atoms with E-state index in [9.17, 15) is 24.0 Å². The summed E-state index contributed by atoms with van der Waals surface area (Å²) in [6.07, 6.45) is 5.53. The number of carbonyl (C=O) groups is 5. The summed E-state index contributed by atoms with van der Waals surface area (Å²) in [6.45, 7) is 15.4. The zero-order chi connectivity index (χ0) is 40.9. The van der Waals surface area contributed by atoms with Gasteiger partial charge in [-0.15, -0.1) is 0 Å². The van der Waals surface area contributed by atoms with Gasteiger partial charge in [0.1, 0.15) is 30.0 Å². The molecule has 13 heteroatoms. The highest BCUT2D eigenvalue weighted by molar-refractivity contribution is 5.90. The average Bonchev–Trinajstić information content (AvgIpc) is 3.96. The predicted molar refractivity (Wildman–Crippen MR) is 205 cm³/mol. The van der Waals surface area contributed by atoms with Crippen LogP contribution in [0, 0.1) is 5.92 Å². The second kappa shape index (κ2) is 20.4. The van der Waals surface area contributed by atoms with Crippen LogP contribution in [-0.4, -0.2) is 110 Å². The van der Waals surface area contributed by atoms with Crippen LogP contribution in [0.25, 0.3) is 0 Å². The molecular formula is C42H59FN2O10. The van der Waals surface area contributed by atoms with Crippen molar-refractivity contribution in [2.24, 2.45) is 5.92 Å². The van der Waals surface area contributed by atoms with Gasteiger partial charge in [0.2, 0.25) is 0 Å². The lowest BCUT2D eigenvalue weighted by Crippen LogP contribution is -2.52. The Labute approximate surface area is 325 Å². The van der Waals surface area contributed by atoms with Gasteiger partial charge >= 0.3 is 24.0 Å². The highest BCUT2D eigenvalue weighted by atomic mass is 19.1. The van der Waals surface area contributed by atoms with Crippen molar-refractivity contribution in [1.29, 1.82) is 0 Å². The first-order valence-electron chi connectivity index (χ1n) is 18.9. The zero-order valence-electron chi connectivity index (χ0n) is 33.5. The highest BCUT2D eigenvalue weighted by Crippen LogP contribution is 2.35. The lowest BCUT2D eigenvalue weighted by atomic mass is 9.90. The standard InChI is InChI=1S/C42H59FN2O10/c1-10-12-28(11-2)26-52-36(46)27-53-38(48)33(23-29-13-14-29)44(8)37(47)35(24-30-15-17-31(18-16-30)32-19-21-51-22-20-32)54-39(49)34(25-42(6,7)43)45(9)40(50)55-41(3,4)5/h10-12,15-18,29,32-35H,1-2,13-14,19-27H2,3-9H3/b28-12+/t33-,34-,35+/m0/s1. The molecule has 2 fully saturated rings. The molecule has 3 rings (SSSR count). The van der Waals surface area contributed by atoms with Crippen LogP contribution in [-0.2, 0) is 49.3 Å². The summed E-state index contributed by atoms with van der Waals surface area (Å²) in [7, 11) is 2.72. The van der Waals surface area contributed by atoms with Crippen LogP contribution in [0.2, 0.25) is 0 Å². The van der Waals surface area contributed by atoms with Gasteiger partial charge in [0, 0.05) is 40.2 Å². The number of allylic oxidation sites excluding steroid dienone is 2. The van der Waals surface area contributed by atoms with Crippen LogP contribution in [0.1, 0.15) is 90.2 Å². The monoisotopic (exact) mass is 770 g/mol. The van der Waals surface area contributed by atoms with E-state index in [-0.39, 0.29) is 25.4 Å². The van der Waals surface area contributed by atoms with Crippen LogP contribution in [0.3, 0.4) is 0 Å². The van der Waals surface area contributed by atoms with Crippen molar-refractivity contribution in [2.75, 3.05) is 40.5 Å². The molecule has 0 aromatic heterocycles. The molecule has 1 aromatic carbocycles. The number of ether oxygens (including phenoxy) is 5. The largest absolute Gasteiger partial charge is 0.458 e. The molecular weight excluding hydrogens is 711 g/mol. The number of alkyl halides is 1. The van der Waals surface area contributed by atoms with Gasteiger partial charge in [-0.3, -0.25) is 9.69 Å². The van der Waals surface area contributed by atoms with Crippen LogP contribution in [0.5, 0.6) is 0 Å². The molecule has 1 heterocycles. The summed E-state index contributed by atoms with van der Waals surface area (Å²) in [5.41, 5.74) is -0.420. The fourth-order valence-electron chi connectivity index (χ4n) is 6.09. The second-order valence-corrected chi connectivity index (χ2v) is 15.9. The minimum absolute atomic E-state index is 0.0771. The van der Waals surface area contributed by atoms with Crippen LogP contribution in [0.15, 0.2) is 61.2 Å². The van der Waals surface area contributed by atoms with Crippen molar-refractivity contribution >= 4 is 29.9 Å². The third-order valence-corrected chi connectivity index (χ3v) is 9.39. The predicted octanol–water partition coefficient (Wildman–Crippen LogP) is 6.42. The lowest BCUT2D eigenvalue weighted by molar-refractivity contribution is -0.169. The van der Waals surface area contributed by atoms with Gasteiger partial charge in [-0.1, -0.05) is 68.5 Å². The van der Waals surface area contributed by atoms with E-state index < -0.39 is 72.4 Å². The summed E-state index contributed by atoms with van der Waals surface area (Å²) in [4.78, 5) is 69.5. The Morgan fingerprint density at radius 2 is 1.53 bits per heavy atom. The van der Waals surface area contributed by atoms with Gasteiger partial charge in [0.05, 0.1) is 0 Å². The molecule has 2 aliphatic rings. The molecule has 0 bridgehead atoms. The number of esters is 3. The maximum atomic E-state index is 15.2. The van der Waals surface area contributed by atoms with Gasteiger partial charge in [-0.05, 0) is 82.4 Å². The van der Waals surface area contributed by atoms with Crippen molar-refractivity contribution in [2.45, 2.75) is 115 Å². The molecule has 0 spiro atoms. The quantitative estimate of drug-likeness (QED) is 0.0881. The number of hydrogen-bond acceptors (Lipinski definition) is 10. The Bertz CT molecular complexity index is 1530. The van der Waals surface area contributed by atoms with E-state index in [0.717, 1.165) is 36.1 Å². The number of amides is 2. The molecule has 3 atom stereocenters. The van der Waals surface area contributed by atoms with Gasteiger partial charge in [0.15, 0.2) is 12.7 Å². The van der Waals surface area contributed by atoms with Gasteiger partial charge in [-0.2, -0.15) is 0 Å². The van der Waals surface area contributed by atoms with Crippen molar-refractivity contribution < 1.29 is 52.0 Å². The molecule has 1 saturated carbocycles. The maximum absolute atomic E-state index is 15.2. The Kier molecular flexibility index (Phi) is 16.7. The van der Waals surface area contributed by atoms with E-state index in [0.29, 0.717) is 30.3 Å². The van der Waals surface area contributed by atoms with E-state index in [1.54, 1.807) is 26.8 Å². The SMILES string of the molecule is C=C/C=C(\C=C)COC(=O)COC(=O)[C@H](CC1CC1)N(C)C(=O)[C@@H](Cc1ccc(C2CCOCC2)cc1)OC(=O)[C@H](CC(C)(C)F)N(C)C(=O)OC(C)(C)C. The van der Waals surface area contributed by atoms with Crippen molar-refractivity contribution in [3.8, 4) is 0 Å². The third-order valence-electron chi connectivity index (χ3n) is 9.39. The van der Waals surface area contributed by atoms with Gasteiger partial charge < -0.3 is 28.6 Å². The Morgan fingerprint density at radius 1 is 0.891 bits per heavy atom. The maximum Gasteiger partial charge on any atom is 0.410 e. The van der Waals surface area contributed by atoms with E-state index in [4.69, 9.17) is 23.7 Å². The number of halogens is 1. The normalized spacial score (nSPS) is 16.8. The summed E-state index contributed by atoms with van der Waals surface area (Å²) >= 11 is 0. The smallest absolute Gasteiger partial charge is 0.410 e. The molecule has 1 aliphatic heterocycles. The molecule has 12 nitrogen and oxygen atoms in total. The summed E-state index contributed by atoms with van der Waals surface area (Å²) in [6, 6.07) is 5.10. The molecule has 2 amide bonds. The van der Waals surface area contributed by atoms with E-state index in [1.165, 1.54) is 45.0 Å². The Morgan fingerprint density at radius 3 is 2.07 bits per heavy atom. The van der Waals surface area contributed by atoms with Gasteiger partial charge in [-0.25, -0.2) is 23.6 Å². The first kappa shape index (κ1) is 44.9. The van der Waals surface area contributed by atoms with E-state index >= 15 is 4.39 Å². The summed E-state index contributed by atoms with van der Waals surface area (Å²) < 4.78 is 42.5. The topological polar surface area (TPSA) is 138 Å². The number of benzene rings is 1. The first-order chi connectivity index (χ1) is 25.8. The van der Waals surface area contributed by atoms with Gasteiger partial charge in [0.25, 0.3) is 5.91 Å². The van der Waals surface area contributed by atoms with Crippen LogP contribution in [0.4, 0.5) is 9.18 Å². The molecule has 1 saturated heterocycles. The average molecular weight is 771 g/mol. The number of nitrogens with zero attached hydrogens (tertiary/aromatic N) is 2. The zero-order valence-corrected chi connectivity index (χ0v) is 33.5. The fraction of sp³-hybridized carbons (Fsp3) is 0.595. The summed E-state index contributed by atoms with van der Waals surface area (Å²) in [5, 5.41) is 0. The minimum Gasteiger partial charge on any atom is -0.458 e. The second-order valence-electron chi connectivity index (χ2n) is 15.9. The number of carbonyl (C=O) groups excluding carboxylic acids is 5. The first-order valence-corrected chi connectivity index (χ1v) is 18.9. The molecule has 304 valence electrons. The number of likely N-dealkylation sites (N-methyl/N-ethyl adjacent to an activating group) is 2. The lowest BCUT2D eigenvalue weighted by Gasteiger charge is -2.34. The molecule has 1 aromatic rings. The molecule has 55 heavy (non-hydrogen) atoms. The minimum atomic E-state index is -1.91. The van der Waals surface area contributed by atoms with E-state index in [2.05, 4.69) is 13.2 Å². The number of rotatable bonds is 19. The fourth-order valence-corrected chi connectivity index (χ4v) is 6.09. The van der Waals surface area contributed by atoms with Crippen LogP contribution >= 0.6 is 0 Å². The number of hydrogen-bond donors (Lipinski definition) is 0. The molecule has 0 unspecified atom stereocenters. The van der Waals surface area contributed by atoms with Crippen molar-refractivity contribution in [1.82, 2.24) is 9.80 Å². The summed E-state index contributed by atoms with van der Waals surface area (Å²) in [5.74, 6) is -2.87. The molecule has 1 aliphatic carbocycles. The van der Waals surface area contributed by atoms with Crippen molar-refractivity contribution in [3.63, 3.8) is 0 Å². The highest BCUT2D eigenvalue weighted by Gasteiger charge is 2.41. The molecule has 0 N–H and O–H groups in total. The van der Waals surface area contributed by atoms with Crippen molar-refractivity contribution in [3.05, 3.63) is 72.4 Å². The third kappa shape index (κ3) is 15.3. The van der Waals surface area contributed by atoms with Crippen LogP contribution < -0.4 is 0 Å². The molecule has 0 radical (unpaired) electrons. The Hall–Kier alpha value is -4.52. The Balaban J connectivity index is 1.89. The van der Waals surface area contributed by atoms with E-state index in [1.807, 2.05) is 24.3 Å².